The maximum Gasteiger partial charge on any atom is 0.338 e. The molecule has 0 radical (unpaired) electrons. The van der Waals surface area contributed by atoms with Crippen LogP contribution in [0.1, 0.15) is 39.2 Å². The Kier molecular flexibility index (Phi) is 7.17. The molecule has 0 bridgehead atoms. The first-order valence-electron chi connectivity index (χ1n) is 10.7. The fraction of sp³-hybridized carbons (Fsp3) is 0.478. The molecular weight excluding hydrogens is 414 g/mol. The first kappa shape index (κ1) is 23.3. The monoisotopic (exact) mass is 443 g/mol. The Morgan fingerprint density at radius 1 is 1.12 bits per heavy atom. The summed E-state index contributed by atoms with van der Waals surface area (Å²) in [4.78, 5) is 51.3. The second-order valence-corrected chi connectivity index (χ2v) is 7.96. The Bertz CT molecular complexity index is 919. The van der Waals surface area contributed by atoms with Crippen molar-refractivity contribution in [3.63, 3.8) is 0 Å². The Hall–Kier alpha value is -3.36. The Balaban J connectivity index is 1.85. The lowest BCUT2D eigenvalue weighted by Crippen LogP contribution is -2.51. The van der Waals surface area contributed by atoms with E-state index in [9.17, 15) is 19.2 Å². The number of carbonyl (C=O) groups is 4. The molecule has 0 saturated carbocycles. The van der Waals surface area contributed by atoms with E-state index in [0.29, 0.717) is 25.9 Å². The molecule has 2 N–H and O–H groups in total. The summed E-state index contributed by atoms with van der Waals surface area (Å²) in [7, 11) is 0. The Morgan fingerprint density at radius 3 is 2.38 bits per heavy atom. The molecule has 0 aliphatic carbocycles. The number of likely N-dealkylation sites (tertiary alicyclic amines) is 1. The van der Waals surface area contributed by atoms with Crippen molar-refractivity contribution in [1.82, 2.24) is 15.5 Å². The molecule has 1 unspecified atom stereocenters. The zero-order valence-electron chi connectivity index (χ0n) is 18.6. The number of ether oxygens (including phenoxy) is 2. The zero-order chi connectivity index (χ0) is 23.3. The number of benzene rings is 1. The fourth-order valence-electron chi connectivity index (χ4n) is 4.24. The second-order valence-electron chi connectivity index (χ2n) is 7.96. The van der Waals surface area contributed by atoms with Gasteiger partial charge >= 0.3 is 18.0 Å². The van der Waals surface area contributed by atoms with Crippen molar-refractivity contribution in [2.75, 3.05) is 26.3 Å². The maximum absolute atomic E-state index is 13.4. The third kappa shape index (κ3) is 4.76. The van der Waals surface area contributed by atoms with Gasteiger partial charge in [-0.25, -0.2) is 9.59 Å². The van der Waals surface area contributed by atoms with Crippen LogP contribution >= 0.6 is 0 Å². The van der Waals surface area contributed by atoms with Gasteiger partial charge in [0.15, 0.2) is 0 Å². The van der Waals surface area contributed by atoms with Crippen LogP contribution in [0, 0.1) is 0 Å². The number of carbonyl (C=O) groups excluding carboxylic acids is 4. The lowest BCUT2D eigenvalue weighted by atomic mass is 9.72. The topological polar surface area (TPSA) is 114 Å². The molecule has 1 atom stereocenters. The Morgan fingerprint density at radius 2 is 1.78 bits per heavy atom. The molecule has 1 saturated heterocycles. The molecule has 2 aliphatic heterocycles. The van der Waals surface area contributed by atoms with Crippen LogP contribution < -0.4 is 10.6 Å². The first-order valence-corrected chi connectivity index (χ1v) is 10.7. The number of hydrogen-bond acceptors (Lipinski definition) is 6. The highest BCUT2D eigenvalue weighted by molar-refractivity contribution is 5.95. The summed E-state index contributed by atoms with van der Waals surface area (Å²) < 4.78 is 10.8. The van der Waals surface area contributed by atoms with E-state index >= 15 is 0 Å². The van der Waals surface area contributed by atoms with Gasteiger partial charge in [-0.1, -0.05) is 30.3 Å². The molecule has 9 heteroatoms. The molecule has 172 valence electrons. The summed E-state index contributed by atoms with van der Waals surface area (Å²) in [6.45, 7) is 5.65. The summed E-state index contributed by atoms with van der Waals surface area (Å²) in [6, 6.07) is 8.28. The molecule has 2 aliphatic rings. The standard InChI is InChI=1S/C23H29N3O6/c1-4-31-20(28)19-15(2)24-22(30)25-18(19)14-32-21(29)23(17-8-6-5-7-9-17)10-12-26(13-11-23)16(3)27/h5-9,15H,4,10-14H2,1-3H3,(H2,24,25,30). The third-order valence-corrected chi connectivity index (χ3v) is 5.99. The third-order valence-electron chi connectivity index (χ3n) is 5.99. The number of piperidine rings is 1. The highest BCUT2D eigenvalue weighted by Gasteiger charge is 2.45. The van der Waals surface area contributed by atoms with E-state index in [2.05, 4.69) is 10.6 Å². The largest absolute Gasteiger partial charge is 0.463 e. The number of nitrogens with zero attached hydrogens (tertiary/aromatic N) is 1. The highest BCUT2D eigenvalue weighted by Crippen LogP contribution is 2.37. The molecule has 3 rings (SSSR count). The van der Waals surface area contributed by atoms with Crippen LogP contribution in [-0.4, -0.2) is 61.1 Å². The first-order chi connectivity index (χ1) is 15.3. The summed E-state index contributed by atoms with van der Waals surface area (Å²) >= 11 is 0. The highest BCUT2D eigenvalue weighted by atomic mass is 16.5. The van der Waals surface area contributed by atoms with Gasteiger partial charge in [0, 0.05) is 20.0 Å². The zero-order valence-corrected chi connectivity index (χ0v) is 18.6. The number of hydrogen-bond donors (Lipinski definition) is 2. The van der Waals surface area contributed by atoms with Crippen LogP contribution in [-0.2, 0) is 29.3 Å². The van der Waals surface area contributed by atoms with Crippen LogP contribution in [0.3, 0.4) is 0 Å². The van der Waals surface area contributed by atoms with Gasteiger partial charge in [-0.2, -0.15) is 0 Å². The summed E-state index contributed by atoms with van der Waals surface area (Å²) in [5.41, 5.74) is 0.327. The van der Waals surface area contributed by atoms with Gasteiger partial charge in [-0.3, -0.25) is 9.59 Å². The van der Waals surface area contributed by atoms with Crippen molar-refractivity contribution in [1.29, 1.82) is 0 Å². The van der Waals surface area contributed by atoms with Crippen molar-refractivity contribution < 1.29 is 28.7 Å². The molecule has 1 aromatic carbocycles. The van der Waals surface area contributed by atoms with E-state index in [0.717, 1.165) is 5.56 Å². The van der Waals surface area contributed by atoms with Crippen LogP contribution in [0.2, 0.25) is 0 Å². The number of urea groups is 1. The van der Waals surface area contributed by atoms with E-state index < -0.39 is 29.4 Å². The van der Waals surface area contributed by atoms with Gasteiger partial charge in [0.1, 0.15) is 6.61 Å². The van der Waals surface area contributed by atoms with Gasteiger partial charge in [0.2, 0.25) is 5.91 Å². The summed E-state index contributed by atoms with van der Waals surface area (Å²) in [5.74, 6) is -1.06. The van der Waals surface area contributed by atoms with Gasteiger partial charge in [0.05, 0.1) is 29.3 Å². The van der Waals surface area contributed by atoms with Crippen LogP contribution in [0.15, 0.2) is 41.6 Å². The summed E-state index contributed by atoms with van der Waals surface area (Å²) in [5, 5.41) is 5.18. The van der Waals surface area contributed by atoms with Gasteiger partial charge in [0.25, 0.3) is 0 Å². The predicted molar refractivity (Wildman–Crippen MR) is 115 cm³/mol. The molecule has 2 heterocycles. The van der Waals surface area contributed by atoms with Crippen molar-refractivity contribution in [2.24, 2.45) is 0 Å². The van der Waals surface area contributed by atoms with E-state index in [1.165, 1.54) is 6.92 Å². The predicted octanol–water partition coefficient (Wildman–Crippen LogP) is 1.63. The van der Waals surface area contributed by atoms with Gasteiger partial charge in [-0.05, 0) is 32.3 Å². The normalized spacial score (nSPS) is 20.2. The van der Waals surface area contributed by atoms with Crippen LogP contribution in [0.4, 0.5) is 4.79 Å². The molecule has 3 amide bonds. The molecule has 0 aromatic heterocycles. The lowest BCUT2D eigenvalue weighted by Gasteiger charge is -2.40. The van der Waals surface area contributed by atoms with Crippen LogP contribution in [0.5, 0.6) is 0 Å². The minimum atomic E-state index is -0.916. The number of nitrogens with one attached hydrogen (secondary N) is 2. The van der Waals surface area contributed by atoms with E-state index in [-0.39, 0.29) is 30.4 Å². The van der Waals surface area contributed by atoms with Gasteiger partial charge in [-0.15, -0.1) is 0 Å². The Labute approximate surface area is 187 Å². The van der Waals surface area contributed by atoms with Crippen molar-refractivity contribution in [2.45, 2.75) is 45.1 Å². The SMILES string of the molecule is CCOC(=O)C1=C(COC(=O)C2(c3ccccc3)CCN(C(C)=O)CC2)NC(=O)NC1C. The van der Waals surface area contributed by atoms with Crippen molar-refractivity contribution >= 4 is 23.9 Å². The molecule has 9 nitrogen and oxygen atoms in total. The number of amides is 3. The number of rotatable bonds is 6. The van der Waals surface area contributed by atoms with Crippen molar-refractivity contribution in [3.8, 4) is 0 Å². The lowest BCUT2D eigenvalue weighted by molar-refractivity contribution is -0.153. The smallest absolute Gasteiger partial charge is 0.338 e. The van der Waals surface area contributed by atoms with Crippen LogP contribution in [0.25, 0.3) is 0 Å². The fourth-order valence-corrected chi connectivity index (χ4v) is 4.24. The molecule has 1 fully saturated rings. The average molecular weight is 444 g/mol. The second kappa shape index (κ2) is 9.84. The molecule has 32 heavy (non-hydrogen) atoms. The minimum absolute atomic E-state index is 0.0318. The van der Waals surface area contributed by atoms with Crippen molar-refractivity contribution in [3.05, 3.63) is 47.2 Å². The summed E-state index contributed by atoms with van der Waals surface area (Å²) in [6.07, 6.45) is 0.840. The van der Waals surface area contributed by atoms with Gasteiger partial charge < -0.3 is 25.0 Å². The average Bonchev–Trinajstić information content (AvgIpc) is 2.77. The minimum Gasteiger partial charge on any atom is -0.463 e. The number of esters is 2. The van der Waals surface area contributed by atoms with E-state index in [1.807, 2.05) is 30.3 Å². The maximum atomic E-state index is 13.4. The molecule has 0 spiro atoms. The van der Waals surface area contributed by atoms with E-state index in [4.69, 9.17) is 9.47 Å². The molecule has 1 aromatic rings. The molecular formula is C23H29N3O6. The van der Waals surface area contributed by atoms with E-state index in [1.54, 1.807) is 18.7 Å². The quantitative estimate of drug-likeness (QED) is 0.646.